The number of benzene rings is 1. The second kappa shape index (κ2) is 19.2. The van der Waals surface area contributed by atoms with E-state index in [0.717, 1.165) is 6.54 Å². The fraction of sp³-hybridized carbons (Fsp3) is 0.750. The van der Waals surface area contributed by atoms with Gasteiger partial charge in [0.2, 0.25) is 0 Å². The van der Waals surface area contributed by atoms with E-state index in [1.54, 1.807) is 0 Å². The van der Waals surface area contributed by atoms with E-state index in [-0.39, 0.29) is 12.4 Å². The Morgan fingerprint density at radius 3 is 1.50 bits per heavy atom. The molecule has 2 N–H and O–H groups in total. The molecule has 0 heterocycles. The first kappa shape index (κ1) is 25.5. The van der Waals surface area contributed by atoms with E-state index in [9.17, 15) is 0 Å². The van der Waals surface area contributed by atoms with Crippen LogP contribution in [0.5, 0.6) is 0 Å². The summed E-state index contributed by atoms with van der Waals surface area (Å²) in [5.41, 5.74) is 7.38. The molecule has 0 aliphatic carbocycles. The number of rotatable bonds is 17. The number of hydrogen-bond acceptors (Lipinski definition) is 1. The van der Waals surface area contributed by atoms with E-state index in [2.05, 4.69) is 37.3 Å². The molecule has 0 spiro atoms. The fourth-order valence-electron chi connectivity index (χ4n) is 3.73. The van der Waals surface area contributed by atoms with Crippen molar-refractivity contribution in [2.45, 2.75) is 109 Å². The van der Waals surface area contributed by atoms with Gasteiger partial charge in [0.1, 0.15) is 0 Å². The van der Waals surface area contributed by atoms with Gasteiger partial charge in [-0.3, -0.25) is 0 Å². The van der Waals surface area contributed by atoms with Crippen LogP contribution in [0, 0.1) is 0 Å². The van der Waals surface area contributed by atoms with Crippen LogP contribution in [0.1, 0.15) is 115 Å². The second-order valence-electron chi connectivity index (χ2n) is 7.73. The molecule has 0 aliphatic heterocycles. The molecule has 0 bridgehead atoms. The summed E-state index contributed by atoms with van der Waals surface area (Å²) in [7, 11) is 0. The molecule has 0 radical (unpaired) electrons. The second-order valence-corrected chi connectivity index (χ2v) is 7.73. The van der Waals surface area contributed by atoms with Gasteiger partial charge in [0.25, 0.3) is 0 Å². The zero-order valence-electron chi connectivity index (χ0n) is 17.3. The minimum absolute atomic E-state index is 0. The van der Waals surface area contributed by atoms with Gasteiger partial charge in [0.15, 0.2) is 0 Å². The number of unbranched alkanes of at least 4 members (excludes halogenated alkanes) is 13. The van der Waals surface area contributed by atoms with Gasteiger partial charge in [-0.05, 0) is 24.4 Å². The maximum absolute atomic E-state index is 5.96. The summed E-state index contributed by atoms with van der Waals surface area (Å²) in [5, 5.41) is 0. The molecule has 1 rings (SSSR count). The van der Waals surface area contributed by atoms with Gasteiger partial charge in [0.05, 0.1) is 0 Å². The smallest absolute Gasteiger partial charge is 0.000824 e. The van der Waals surface area contributed by atoms with Gasteiger partial charge in [-0.2, -0.15) is 0 Å². The molecule has 26 heavy (non-hydrogen) atoms. The summed E-state index contributed by atoms with van der Waals surface area (Å²) < 4.78 is 0. The first-order valence-electron chi connectivity index (χ1n) is 11.1. The molecule has 0 saturated heterocycles. The third-order valence-electron chi connectivity index (χ3n) is 5.46. The third kappa shape index (κ3) is 13.6. The van der Waals surface area contributed by atoms with Crippen LogP contribution in [0.4, 0.5) is 0 Å². The molecule has 1 atom stereocenters. The third-order valence-corrected chi connectivity index (χ3v) is 5.46. The van der Waals surface area contributed by atoms with Gasteiger partial charge in [-0.15, -0.1) is 12.4 Å². The van der Waals surface area contributed by atoms with Gasteiger partial charge in [0, 0.05) is 0 Å². The van der Waals surface area contributed by atoms with E-state index >= 15 is 0 Å². The molecular weight excluding hydrogens is 338 g/mol. The molecule has 1 unspecified atom stereocenters. The van der Waals surface area contributed by atoms with Crippen LogP contribution in [-0.4, -0.2) is 6.54 Å². The highest BCUT2D eigenvalue weighted by molar-refractivity contribution is 5.85. The molecule has 152 valence electrons. The molecule has 0 saturated carbocycles. The van der Waals surface area contributed by atoms with Crippen LogP contribution in [0.3, 0.4) is 0 Å². The fourth-order valence-corrected chi connectivity index (χ4v) is 3.73. The average Bonchev–Trinajstić information content (AvgIpc) is 2.66. The molecule has 2 heteroatoms. The van der Waals surface area contributed by atoms with Crippen molar-refractivity contribution in [2.75, 3.05) is 6.54 Å². The van der Waals surface area contributed by atoms with E-state index < -0.39 is 0 Å². The Morgan fingerprint density at radius 1 is 0.654 bits per heavy atom. The molecule has 1 nitrogen and oxygen atoms in total. The Balaban J connectivity index is 0.00000625. The lowest BCUT2D eigenvalue weighted by Crippen LogP contribution is -2.12. The predicted molar refractivity (Wildman–Crippen MR) is 120 cm³/mol. The topological polar surface area (TPSA) is 26.0 Å². The Kier molecular flexibility index (Phi) is 18.8. The maximum Gasteiger partial charge on any atom is -0.000824 e. The van der Waals surface area contributed by atoms with E-state index in [0.29, 0.717) is 5.92 Å². The minimum Gasteiger partial charge on any atom is -0.330 e. The SMILES string of the molecule is CCCCCCCCCCCCCCCCC(CN)c1ccccc1.Cl. The van der Waals surface area contributed by atoms with E-state index in [1.807, 2.05) is 0 Å². The van der Waals surface area contributed by atoms with Crippen molar-refractivity contribution in [2.24, 2.45) is 5.73 Å². The van der Waals surface area contributed by atoms with Crippen LogP contribution < -0.4 is 5.73 Å². The van der Waals surface area contributed by atoms with Crippen LogP contribution in [-0.2, 0) is 0 Å². The molecule has 0 aromatic heterocycles. The Morgan fingerprint density at radius 2 is 1.08 bits per heavy atom. The van der Waals surface area contributed by atoms with Gasteiger partial charge in [-0.1, -0.05) is 127 Å². The van der Waals surface area contributed by atoms with Crippen molar-refractivity contribution < 1.29 is 0 Å². The van der Waals surface area contributed by atoms with Crippen LogP contribution in [0.2, 0.25) is 0 Å². The first-order valence-corrected chi connectivity index (χ1v) is 11.1. The Bertz CT molecular complexity index is 379. The summed E-state index contributed by atoms with van der Waals surface area (Å²) in [4.78, 5) is 0. The van der Waals surface area contributed by atoms with E-state index in [4.69, 9.17) is 5.73 Å². The zero-order valence-corrected chi connectivity index (χ0v) is 18.1. The number of hydrogen-bond donors (Lipinski definition) is 1. The summed E-state index contributed by atoms with van der Waals surface area (Å²) in [6.45, 7) is 3.07. The van der Waals surface area contributed by atoms with Gasteiger partial charge >= 0.3 is 0 Å². The van der Waals surface area contributed by atoms with Crippen LogP contribution >= 0.6 is 12.4 Å². The Hall–Kier alpha value is -0.530. The van der Waals surface area contributed by atoms with Gasteiger partial charge < -0.3 is 5.73 Å². The van der Waals surface area contributed by atoms with Crippen molar-refractivity contribution in [1.82, 2.24) is 0 Å². The molecular formula is C24H44ClN. The van der Waals surface area contributed by atoms with Crippen LogP contribution in [0.15, 0.2) is 30.3 Å². The normalized spacial score (nSPS) is 11.9. The Labute approximate surface area is 169 Å². The van der Waals surface area contributed by atoms with Crippen molar-refractivity contribution in [3.8, 4) is 0 Å². The van der Waals surface area contributed by atoms with Crippen molar-refractivity contribution in [1.29, 1.82) is 0 Å². The lowest BCUT2D eigenvalue weighted by molar-refractivity contribution is 0.519. The minimum atomic E-state index is 0. The van der Waals surface area contributed by atoms with Crippen molar-refractivity contribution >= 4 is 12.4 Å². The monoisotopic (exact) mass is 381 g/mol. The standard InChI is InChI=1S/C24H43N.ClH/c1-2-3-4-5-6-7-8-9-10-11-12-13-14-16-21-24(22-25)23-19-17-15-18-20-23;/h15,17-20,24H,2-14,16,21-22,25H2,1H3;1H. The summed E-state index contributed by atoms with van der Waals surface area (Å²) in [6, 6.07) is 10.8. The summed E-state index contributed by atoms with van der Waals surface area (Å²) in [6.07, 6.45) is 21.2. The molecule has 0 aliphatic rings. The summed E-state index contributed by atoms with van der Waals surface area (Å²) in [5.74, 6) is 0.554. The highest BCUT2D eigenvalue weighted by Gasteiger charge is 2.08. The highest BCUT2D eigenvalue weighted by atomic mass is 35.5. The first-order chi connectivity index (χ1) is 12.4. The van der Waals surface area contributed by atoms with Crippen molar-refractivity contribution in [3.05, 3.63) is 35.9 Å². The highest BCUT2D eigenvalue weighted by Crippen LogP contribution is 2.21. The average molecular weight is 382 g/mol. The quantitative estimate of drug-likeness (QED) is 0.271. The van der Waals surface area contributed by atoms with Gasteiger partial charge in [-0.25, -0.2) is 0 Å². The number of nitrogens with two attached hydrogens (primary N) is 1. The molecule has 0 fully saturated rings. The zero-order chi connectivity index (χ0) is 18.0. The lowest BCUT2D eigenvalue weighted by Gasteiger charge is -2.14. The maximum atomic E-state index is 5.96. The van der Waals surface area contributed by atoms with Crippen LogP contribution in [0.25, 0.3) is 0 Å². The summed E-state index contributed by atoms with van der Waals surface area (Å²) >= 11 is 0. The predicted octanol–water partition coefficient (Wildman–Crippen LogP) is 8.02. The lowest BCUT2D eigenvalue weighted by atomic mass is 9.93. The molecule has 0 amide bonds. The number of halogens is 1. The van der Waals surface area contributed by atoms with E-state index in [1.165, 1.54) is 102 Å². The molecule has 1 aromatic carbocycles. The molecule has 1 aromatic rings. The largest absolute Gasteiger partial charge is 0.330 e. The van der Waals surface area contributed by atoms with Crippen molar-refractivity contribution in [3.63, 3.8) is 0 Å².